The van der Waals surface area contributed by atoms with Crippen molar-refractivity contribution >= 4 is 23.1 Å². The third-order valence-electron chi connectivity index (χ3n) is 2.55. The van der Waals surface area contributed by atoms with Gasteiger partial charge in [0.2, 0.25) is 0 Å². The van der Waals surface area contributed by atoms with Crippen LogP contribution in [0.3, 0.4) is 0 Å². The lowest BCUT2D eigenvalue weighted by molar-refractivity contribution is 0.590. The minimum atomic E-state index is -0.337. The Kier molecular flexibility index (Phi) is 5.56. The lowest BCUT2D eigenvalue weighted by Gasteiger charge is -2.16. The lowest BCUT2D eigenvalue weighted by Crippen LogP contribution is -2.44. The molecule has 0 unspecified atom stereocenters. The van der Waals surface area contributed by atoms with Gasteiger partial charge in [-0.1, -0.05) is 0 Å². The van der Waals surface area contributed by atoms with Crippen LogP contribution in [0, 0.1) is 0 Å². The maximum atomic E-state index is 12.1. The monoisotopic (exact) mass is 285 g/mol. The van der Waals surface area contributed by atoms with Crippen molar-refractivity contribution in [1.82, 2.24) is 19.9 Å². The van der Waals surface area contributed by atoms with E-state index >= 15 is 0 Å². The molecule has 0 aliphatic carbocycles. The van der Waals surface area contributed by atoms with Gasteiger partial charge in [0, 0.05) is 25.7 Å². The molecule has 7 nitrogen and oxygen atoms in total. The van der Waals surface area contributed by atoms with Crippen molar-refractivity contribution in [2.75, 3.05) is 12.0 Å². The average Bonchev–Trinajstić information content (AvgIpc) is 2.37. The zero-order chi connectivity index (χ0) is 14.4. The number of thiocarbonyl (C=S) groups is 1. The second-order valence-corrected chi connectivity index (χ2v) is 4.16. The normalized spacial score (nSPS) is 10.1. The van der Waals surface area contributed by atoms with Crippen molar-refractivity contribution in [1.29, 1.82) is 0 Å². The van der Waals surface area contributed by atoms with Crippen molar-refractivity contribution < 1.29 is 0 Å². The fourth-order valence-electron chi connectivity index (χ4n) is 1.64. The van der Waals surface area contributed by atoms with Crippen LogP contribution in [-0.2, 0) is 13.1 Å². The summed E-state index contributed by atoms with van der Waals surface area (Å²) in [4.78, 5) is 23.8. The molecule has 0 saturated heterocycles. The fourth-order valence-corrected chi connectivity index (χ4v) is 1.84. The minimum Gasteiger partial charge on any atom is -0.362 e. The van der Waals surface area contributed by atoms with Crippen molar-refractivity contribution in [3.05, 3.63) is 26.9 Å². The highest BCUT2D eigenvalue weighted by Gasteiger charge is 2.08. The molecular weight excluding hydrogens is 266 g/mol. The largest absolute Gasteiger partial charge is 0.362 e. The van der Waals surface area contributed by atoms with Crippen LogP contribution in [0.2, 0.25) is 0 Å². The van der Waals surface area contributed by atoms with Gasteiger partial charge in [-0.2, -0.15) is 0 Å². The highest BCUT2D eigenvalue weighted by atomic mass is 32.1. The van der Waals surface area contributed by atoms with Gasteiger partial charge < -0.3 is 5.32 Å². The standard InChI is InChI=1S/C11H19N5O2S/c1-4-12-10(19)14-13-8-7-9(17)16(6-3)11(18)15(8)5-2/h7,13H,4-6H2,1-3H3,(H2,12,14,19). The summed E-state index contributed by atoms with van der Waals surface area (Å²) in [6.07, 6.45) is 0. The smallest absolute Gasteiger partial charge is 0.332 e. The van der Waals surface area contributed by atoms with E-state index in [1.54, 1.807) is 6.92 Å². The summed E-state index contributed by atoms with van der Waals surface area (Å²) in [5.41, 5.74) is 4.83. The Morgan fingerprint density at radius 2 is 1.84 bits per heavy atom. The summed E-state index contributed by atoms with van der Waals surface area (Å²) >= 11 is 4.99. The predicted molar refractivity (Wildman–Crippen MR) is 79.3 cm³/mol. The predicted octanol–water partition coefficient (Wildman–Crippen LogP) is -0.139. The Bertz CT molecular complexity index is 563. The molecule has 0 spiro atoms. The van der Waals surface area contributed by atoms with Gasteiger partial charge in [0.1, 0.15) is 5.82 Å². The van der Waals surface area contributed by atoms with E-state index in [0.29, 0.717) is 30.6 Å². The number of hydrazine groups is 1. The van der Waals surface area contributed by atoms with Gasteiger partial charge in [-0.3, -0.25) is 24.8 Å². The summed E-state index contributed by atoms with van der Waals surface area (Å²) in [6, 6.07) is 1.37. The zero-order valence-electron chi connectivity index (χ0n) is 11.3. The second-order valence-electron chi connectivity index (χ2n) is 3.75. The second kappa shape index (κ2) is 6.93. The third kappa shape index (κ3) is 3.57. The lowest BCUT2D eigenvalue weighted by atomic mass is 10.5. The van der Waals surface area contributed by atoms with E-state index < -0.39 is 0 Å². The first kappa shape index (κ1) is 15.2. The van der Waals surface area contributed by atoms with Gasteiger partial charge >= 0.3 is 5.69 Å². The van der Waals surface area contributed by atoms with Gasteiger partial charge in [0.05, 0.1) is 0 Å². The molecule has 1 heterocycles. The molecule has 0 amide bonds. The highest BCUT2D eigenvalue weighted by molar-refractivity contribution is 7.80. The Balaban J connectivity index is 3.05. The Morgan fingerprint density at radius 3 is 2.37 bits per heavy atom. The molecule has 0 aromatic carbocycles. The topological polar surface area (TPSA) is 80.1 Å². The summed E-state index contributed by atoms with van der Waals surface area (Å²) in [6.45, 7) is 7.00. The Hall–Kier alpha value is -1.83. The molecule has 1 aromatic heterocycles. The fraction of sp³-hybridized carbons (Fsp3) is 0.545. The molecule has 19 heavy (non-hydrogen) atoms. The molecule has 1 rings (SSSR count). The minimum absolute atomic E-state index is 0.337. The third-order valence-corrected chi connectivity index (χ3v) is 2.80. The molecule has 8 heteroatoms. The summed E-state index contributed by atoms with van der Waals surface area (Å²) in [5.74, 6) is 0.391. The maximum Gasteiger partial charge on any atom is 0.332 e. The first-order chi connectivity index (χ1) is 9.04. The summed E-state index contributed by atoms with van der Waals surface area (Å²) in [5, 5.41) is 3.29. The molecule has 0 aliphatic heterocycles. The molecule has 3 N–H and O–H groups in total. The molecule has 0 bridgehead atoms. The van der Waals surface area contributed by atoms with Crippen LogP contribution >= 0.6 is 12.2 Å². The van der Waals surface area contributed by atoms with E-state index in [1.807, 2.05) is 13.8 Å². The number of nitrogens with zero attached hydrogens (tertiary/aromatic N) is 2. The summed E-state index contributed by atoms with van der Waals surface area (Å²) < 4.78 is 2.64. The van der Waals surface area contributed by atoms with Crippen LogP contribution in [0.25, 0.3) is 0 Å². The van der Waals surface area contributed by atoms with Crippen LogP contribution in [-0.4, -0.2) is 20.8 Å². The number of aromatic nitrogens is 2. The van der Waals surface area contributed by atoms with Crippen molar-refractivity contribution in [2.45, 2.75) is 33.9 Å². The molecule has 0 aliphatic rings. The van der Waals surface area contributed by atoms with Gasteiger partial charge in [-0.25, -0.2) is 4.79 Å². The quantitative estimate of drug-likeness (QED) is 0.516. The zero-order valence-corrected chi connectivity index (χ0v) is 12.1. The SMILES string of the molecule is CCNC(=S)NNc1cc(=O)n(CC)c(=O)n1CC. The maximum absolute atomic E-state index is 12.1. The van der Waals surface area contributed by atoms with Crippen LogP contribution < -0.4 is 27.4 Å². The van der Waals surface area contributed by atoms with Gasteiger partial charge in [0.15, 0.2) is 5.11 Å². The molecule has 0 saturated carbocycles. The van der Waals surface area contributed by atoms with Crippen molar-refractivity contribution in [3.8, 4) is 0 Å². The van der Waals surface area contributed by atoms with E-state index in [0.717, 1.165) is 0 Å². The molecule has 0 fully saturated rings. The van der Waals surface area contributed by atoms with Crippen molar-refractivity contribution in [2.24, 2.45) is 0 Å². The van der Waals surface area contributed by atoms with Crippen LogP contribution in [0.4, 0.5) is 5.82 Å². The van der Waals surface area contributed by atoms with Gasteiger partial charge in [-0.15, -0.1) is 0 Å². The van der Waals surface area contributed by atoms with Crippen LogP contribution in [0.1, 0.15) is 20.8 Å². The summed E-state index contributed by atoms with van der Waals surface area (Å²) in [7, 11) is 0. The van der Waals surface area contributed by atoms with E-state index in [4.69, 9.17) is 12.2 Å². The van der Waals surface area contributed by atoms with Gasteiger partial charge in [0.25, 0.3) is 5.56 Å². The number of nitrogens with one attached hydrogen (secondary N) is 3. The van der Waals surface area contributed by atoms with E-state index in [9.17, 15) is 9.59 Å². The first-order valence-electron chi connectivity index (χ1n) is 6.19. The van der Waals surface area contributed by atoms with Crippen LogP contribution in [0.15, 0.2) is 15.7 Å². The molecule has 1 aromatic rings. The average molecular weight is 285 g/mol. The van der Waals surface area contributed by atoms with Crippen LogP contribution in [0.5, 0.6) is 0 Å². The molecule has 0 atom stereocenters. The number of hydrogen-bond donors (Lipinski definition) is 3. The Morgan fingerprint density at radius 1 is 1.21 bits per heavy atom. The molecule has 106 valence electrons. The van der Waals surface area contributed by atoms with E-state index in [-0.39, 0.29) is 11.2 Å². The van der Waals surface area contributed by atoms with Gasteiger partial charge in [-0.05, 0) is 33.0 Å². The Labute approximate surface area is 116 Å². The highest BCUT2D eigenvalue weighted by Crippen LogP contribution is 1.98. The first-order valence-corrected chi connectivity index (χ1v) is 6.60. The molecular formula is C11H19N5O2S. The number of anilines is 1. The number of hydrogen-bond acceptors (Lipinski definition) is 4. The number of rotatable bonds is 5. The van der Waals surface area contributed by atoms with E-state index in [2.05, 4.69) is 16.2 Å². The molecule has 0 radical (unpaired) electrons. The van der Waals surface area contributed by atoms with E-state index in [1.165, 1.54) is 15.2 Å². The van der Waals surface area contributed by atoms with Crippen molar-refractivity contribution in [3.63, 3.8) is 0 Å².